The molecule has 0 aliphatic heterocycles. The van der Waals surface area contributed by atoms with E-state index in [-0.39, 0.29) is 0 Å². The van der Waals surface area contributed by atoms with Crippen molar-refractivity contribution in [1.82, 2.24) is 5.32 Å². The number of ether oxygens (including phenoxy) is 1. The van der Waals surface area contributed by atoms with Crippen LogP contribution in [-0.2, 0) is 0 Å². The second kappa shape index (κ2) is 6.54. The maximum Gasteiger partial charge on any atom is 0.119 e. The maximum absolute atomic E-state index is 5.76. The number of aryl methyl sites for hydroxylation is 2. The normalized spacial score (nSPS) is 12.5. The average Bonchev–Trinajstić information content (AvgIpc) is 2.28. The smallest absolute Gasteiger partial charge is 0.119 e. The van der Waals surface area contributed by atoms with Crippen LogP contribution in [0.25, 0.3) is 0 Å². The van der Waals surface area contributed by atoms with E-state index in [1.165, 1.54) is 11.1 Å². The third kappa shape index (κ3) is 4.23. The van der Waals surface area contributed by atoms with E-state index in [0.29, 0.717) is 5.92 Å². The standard InChI is InChI=1S/C14H23NO/c1-5-15-9-11(2)10-16-14-7-6-12(3)13(4)8-14/h6-8,11,15H,5,9-10H2,1-4H3. The molecule has 0 radical (unpaired) electrons. The molecule has 1 aromatic rings. The molecule has 0 fully saturated rings. The highest BCUT2D eigenvalue weighted by Crippen LogP contribution is 2.16. The van der Waals surface area contributed by atoms with Gasteiger partial charge in [-0.3, -0.25) is 0 Å². The fourth-order valence-electron chi connectivity index (χ4n) is 1.49. The van der Waals surface area contributed by atoms with Crippen molar-refractivity contribution in [2.75, 3.05) is 19.7 Å². The van der Waals surface area contributed by atoms with Gasteiger partial charge in [-0.15, -0.1) is 0 Å². The number of benzene rings is 1. The van der Waals surface area contributed by atoms with Crippen molar-refractivity contribution in [3.8, 4) is 5.75 Å². The van der Waals surface area contributed by atoms with Crippen molar-refractivity contribution in [2.45, 2.75) is 27.7 Å². The van der Waals surface area contributed by atoms with Gasteiger partial charge in [0.15, 0.2) is 0 Å². The minimum Gasteiger partial charge on any atom is -0.493 e. The van der Waals surface area contributed by atoms with Gasteiger partial charge in [0, 0.05) is 12.5 Å². The fraction of sp³-hybridized carbons (Fsp3) is 0.571. The quantitative estimate of drug-likeness (QED) is 0.797. The summed E-state index contributed by atoms with van der Waals surface area (Å²) < 4.78 is 5.76. The summed E-state index contributed by atoms with van der Waals surface area (Å²) in [5, 5.41) is 3.32. The van der Waals surface area contributed by atoms with Crippen LogP contribution < -0.4 is 10.1 Å². The summed E-state index contributed by atoms with van der Waals surface area (Å²) in [4.78, 5) is 0. The molecule has 2 heteroatoms. The minimum absolute atomic E-state index is 0.543. The first-order valence-electron chi connectivity index (χ1n) is 6.04. The summed E-state index contributed by atoms with van der Waals surface area (Å²) >= 11 is 0. The summed E-state index contributed by atoms with van der Waals surface area (Å²) in [5.74, 6) is 1.52. The van der Waals surface area contributed by atoms with Gasteiger partial charge in [0.25, 0.3) is 0 Å². The van der Waals surface area contributed by atoms with Crippen LogP contribution in [-0.4, -0.2) is 19.7 Å². The van der Waals surface area contributed by atoms with Crippen molar-refractivity contribution in [3.05, 3.63) is 29.3 Å². The van der Waals surface area contributed by atoms with Gasteiger partial charge in [0.2, 0.25) is 0 Å². The van der Waals surface area contributed by atoms with Crippen molar-refractivity contribution in [3.63, 3.8) is 0 Å². The Kier molecular flexibility index (Phi) is 5.33. The summed E-state index contributed by atoms with van der Waals surface area (Å²) in [6.45, 7) is 11.4. The van der Waals surface area contributed by atoms with E-state index in [1.807, 2.05) is 6.07 Å². The van der Waals surface area contributed by atoms with E-state index in [4.69, 9.17) is 4.74 Å². The fourth-order valence-corrected chi connectivity index (χ4v) is 1.49. The molecule has 1 rings (SSSR count). The lowest BCUT2D eigenvalue weighted by Gasteiger charge is -2.14. The first kappa shape index (κ1) is 13.0. The zero-order valence-electron chi connectivity index (χ0n) is 10.8. The molecule has 1 N–H and O–H groups in total. The van der Waals surface area contributed by atoms with Gasteiger partial charge in [-0.1, -0.05) is 19.9 Å². The number of hydrogen-bond acceptors (Lipinski definition) is 2. The molecule has 0 saturated carbocycles. The topological polar surface area (TPSA) is 21.3 Å². The second-order valence-electron chi connectivity index (χ2n) is 4.47. The van der Waals surface area contributed by atoms with Crippen LogP contribution >= 0.6 is 0 Å². The Balaban J connectivity index is 2.39. The molecule has 90 valence electrons. The first-order valence-corrected chi connectivity index (χ1v) is 6.04. The highest BCUT2D eigenvalue weighted by atomic mass is 16.5. The van der Waals surface area contributed by atoms with E-state index in [1.54, 1.807) is 0 Å². The average molecular weight is 221 g/mol. The summed E-state index contributed by atoms with van der Waals surface area (Å²) in [6, 6.07) is 6.26. The van der Waals surface area contributed by atoms with Crippen LogP contribution in [0, 0.1) is 19.8 Å². The van der Waals surface area contributed by atoms with Crippen molar-refractivity contribution >= 4 is 0 Å². The molecule has 0 aliphatic carbocycles. The Morgan fingerprint density at radius 2 is 2.00 bits per heavy atom. The lowest BCUT2D eigenvalue weighted by atomic mass is 10.1. The molecule has 2 nitrogen and oxygen atoms in total. The van der Waals surface area contributed by atoms with Gasteiger partial charge in [0.1, 0.15) is 5.75 Å². The predicted octanol–water partition coefficient (Wildman–Crippen LogP) is 2.93. The van der Waals surface area contributed by atoms with E-state index in [0.717, 1.165) is 25.4 Å². The molecule has 1 atom stereocenters. The Hall–Kier alpha value is -1.02. The Morgan fingerprint density at radius 1 is 1.25 bits per heavy atom. The van der Waals surface area contributed by atoms with Gasteiger partial charge in [-0.25, -0.2) is 0 Å². The SMILES string of the molecule is CCNCC(C)COc1ccc(C)c(C)c1. The predicted molar refractivity (Wildman–Crippen MR) is 69.1 cm³/mol. The van der Waals surface area contributed by atoms with Gasteiger partial charge in [-0.2, -0.15) is 0 Å². The van der Waals surface area contributed by atoms with Gasteiger partial charge in [-0.05, 0) is 43.7 Å². The highest BCUT2D eigenvalue weighted by Gasteiger charge is 2.03. The molecule has 0 bridgehead atoms. The number of hydrogen-bond donors (Lipinski definition) is 1. The third-order valence-electron chi connectivity index (χ3n) is 2.76. The first-order chi connectivity index (χ1) is 7.63. The molecule has 1 unspecified atom stereocenters. The lowest BCUT2D eigenvalue weighted by Crippen LogP contribution is -2.24. The van der Waals surface area contributed by atoms with E-state index < -0.39 is 0 Å². The zero-order valence-corrected chi connectivity index (χ0v) is 10.8. The highest BCUT2D eigenvalue weighted by molar-refractivity contribution is 5.33. The van der Waals surface area contributed by atoms with Crippen molar-refractivity contribution in [1.29, 1.82) is 0 Å². The summed E-state index contributed by atoms with van der Waals surface area (Å²) in [7, 11) is 0. The summed E-state index contributed by atoms with van der Waals surface area (Å²) in [6.07, 6.45) is 0. The summed E-state index contributed by atoms with van der Waals surface area (Å²) in [5.41, 5.74) is 2.60. The van der Waals surface area contributed by atoms with Crippen LogP contribution in [0.1, 0.15) is 25.0 Å². The molecule has 0 amide bonds. The van der Waals surface area contributed by atoms with Crippen LogP contribution in [0.4, 0.5) is 0 Å². The number of rotatable bonds is 6. The molecule has 1 aromatic carbocycles. The van der Waals surface area contributed by atoms with Gasteiger partial charge >= 0.3 is 0 Å². The molecule has 0 saturated heterocycles. The third-order valence-corrected chi connectivity index (χ3v) is 2.76. The Morgan fingerprint density at radius 3 is 2.62 bits per heavy atom. The van der Waals surface area contributed by atoms with Crippen LogP contribution in [0.5, 0.6) is 5.75 Å². The van der Waals surface area contributed by atoms with Gasteiger partial charge < -0.3 is 10.1 Å². The van der Waals surface area contributed by atoms with Crippen molar-refractivity contribution < 1.29 is 4.74 Å². The van der Waals surface area contributed by atoms with Crippen LogP contribution in [0.15, 0.2) is 18.2 Å². The molecular formula is C14H23NO. The minimum atomic E-state index is 0.543. The molecule has 16 heavy (non-hydrogen) atoms. The van der Waals surface area contributed by atoms with Crippen LogP contribution in [0.3, 0.4) is 0 Å². The van der Waals surface area contributed by atoms with Crippen LogP contribution in [0.2, 0.25) is 0 Å². The van der Waals surface area contributed by atoms with Crippen molar-refractivity contribution in [2.24, 2.45) is 5.92 Å². The maximum atomic E-state index is 5.76. The molecule has 0 aliphatic rings. The zero-order chi connectivity index (χ0) is 12.0. The number of nitrogens with one attached hydrogen (secondary N) is 1. The van der Waals surface area contributed by atoms with Gasteiger partial charge in [0.05, 0.1) is 6.61 Å². The lowest BCUT2D eigenvalue weighted by molar-refractivity contribution is 0.256. The monoisotopic (exact) mass is 221 g/mol. The van der Waals surface area contributed by atoms with E-state index in [2.05, 4.69) is 45.1 Å². The molecule has 0 heterocycles. The van der Waals surface area contributed by atoms with E-state index >= 15 is 0 Å². The second-order valence-corrected chi connectivity index (χ2v) is 4.47. The Bertz CT molecular complexity index is 323. The Labute approximate surface area is 99.0 Å². The van der Waals surface area contributed by atoms with E-state index in [9.17, 15) is 0 Å². The molecule has 0 spiro atoms. The molecular weight excluding hydrogens is 198 g/mol. The largest absolute Gasteiger partial charge is 0.493 e. The molecule has 0 aromatic heterocycles.